The Balaban J connectivity index is 1.51. The summed E-state index contributed by atoms with van der Waals surface area (Å²) in [6.07, 6.45) is 0. The maximum atomic E-state index is 14.1. The van der Waals surface area contributed by atoms with Gasteiger partial charge in [-0.05, 0) is 35.4 Å². The van der Waals surface area contributed by atoms with Crippen molar-refractivity contribution in [2.75, 3.05) is 12.3 Å². The fourth-order valence-corrected chi connectivity index (χ4v) is 4.49. The number of hydrogen-bond donors (Lipinski definition) is 0. The van der Waals surface area contributed by atoms with Crippen LogP contribution in [0.25, 0.3) is 0 Å². The number of hydrogen-bond acceptors (Lipinski definition) is 3. The van der Waals surface area contributed by atoms with Gasteiger partial charge >= 0.3 is 0 Å². The van der Waals surface area contributed by atoms with Crippen molar-refractivity contribution in [3.05, 3.63) is 101 Å². The minimum atomic E-state index is -0.483. The Morgan fingerprint density at radius 3 is 2.64 bits per heavy atom. The summed E-state index contributed by atoms with van der Waals surface area (Å²) in [6.45, 7) is 1.08. The first-order valence-electron chi connectivity index (χ1n) is 9.16. The molecule has 0 aromatic heterocycles. The van der Waals surface area contributed by atoms with Crippen molar-refractivity contribution in [1.82, 2.24) is 4.90 Å². The van der Waals surface area contributed by atoms with Gasteiger partial charge in [0.1, 0.15) is 23.5 Å². The summed E-state index contributed by atoms with van der Waals surface area (Å²) >= 11 is 1.68. The number of thioether (sulfide) groups is 1. The molecule has 1 amide bonds. The molecule has 0 N–H and O–H groups in total. The third-order valence-electron chi connectivity index (χ3n) is 4.65. The SMILES string of the molecule is O=C(c1ccccc1F)N1CCS[C@H]1c1cccc(OCc2ccccc2)c1. The standard InChI is InChI=1S/C23H20FNO2S/c24-21-12-5-4-11-20(21)22(26)25-13-14-28-23(25)18-9-6-10-19(15-18)27-16-17-7-2-1-3-8-17/h1-12,15,23H,13-14,16H2/t23-/m0/s1. The maximum absolute atomic E-state index is 14.1. The lowest BCUT2D eigenvalue weighted by Crippen LogP contribution is -2.31. The highest BCUT2D eigenvalue weighted by atomic mass is 32.2. The van der Waals surface area contributed by atoms with Crippen molar-refractivity contribution < 1.29 is 13.9 Å². The van der Waals surface area contributed by atoms with Gasteiger partial charge in [0, 0.05) is 12.3 Å². The number of carbonyl (C=O) groups excluding carboxylic acids is 1. The van der Waals surface area contributed by atoms with Crippen molar-refractivity contribution in [1.29, 1.82) is 0 Å². The van der Waals surface area contributed by atoms with Crippen LogP contribution in [0.2, 0.25) is 0 Å². The number of benzene rings is 3. The van der Waals surface area contributed by atoms with E-state index in [2.05, 4.69) is 0 Å². The van der Waals surface area contributed by atoms with E-state index in [0.29, 0.717) is 13.2 Å². The smallest absolute Gasteiger partial charge is 0.258 e. The van der Waals surface area contributed by atoms with E-state index in [4.69, 9.17) is 4.74 Å². The average molecular weight is 393 g/mol. The summed E-state index contributed by atoms with van der Waals surface area (Å²) in [5, 5.41) is -0.146. The van der Waals surface area contributed by atoms with Crippen LogP contribution in [0, 0.1) is 5.82 Å². The van der Waals surface area contributed by atoms with Gasteiger partial charge in [-0.2, -0.15) is 0 Å². The molecular formula is C23H20FNO2S. The van der Waals surface area contributed by atoms with Gasteiger partial charge in [-0.25, -0.2) is 4.39 Å². The molecule has 3 aromatic carbocycles. The maximum Gasteiger partial charge on any atom is 0.258 e. The highest BCUT2D eigenvalue weighted by molar-refractivity contribution is 7.99. The summed E-state index contributed by atoms with van der Waals surface area (Å²) in [7, 11) is 0. The number of halogens is 1. The first kappa shape index (κ1) is 18.6. The lowest BCUT2D eigenvalue weighted by molar-refractivity contribution is 0.0755. The van der Waals surface area contributed by atoms with Gasteiger partial charge < -0.3 is 9.64 Å². The quantitative estimate of drug-likeness (QED) is 0.590. The van der Waals surface area contributed by atoms with Crippen LogP contribution in [0.15, 0.2) is 78.9 Å². The Morgan fingerprint density at radius 1 is 1.04 bits per heavy atom. The Labute approximate surface area is 168 Å². The molecule has 4 rings (SSSR count). The molecule has 0 aliphatic carbocycles. The van der Waals surface area contributed by atoms with E-state index in [1.807, 2.05) is 54.6 Å². The molecule has 0 unspecified atom stereocenters. The zero-order valence-electron chi connectivity index (χ0n) is 15.3. The Bertz CT molecular complexity index is 964. The second-order valence-corrected chi connectivity index (χ2v) is 7.74. The third kappa shape index (κ3) is 4.04. The predicted octanol–water partition coefficient (Wildman–Crippen LogP) is 5.29. The minimum absolute atomic E-state index is 0.117. The molecule has 3 aromatic rings. The molecule has 1 aliphatic heterocycles. The van der Waals surface area contributed by atoms with Crippen LogP contribution in [0.5, 0.6) is 5.75 Å². The molecule has 0 bridgehead atoms. The molecule has 1 saturated heterocycles. The van der Waals surface area contributed by atoms with Crippen molar-refractivity contribution in [3.8, 4) is 5.75 Å². The molecule has 1 fully saturated rings. The van der Waals surface area contributed by atoms with E-state index >= 15 is 0 Å². The second-order valence-electron chi connectivity index (χ2n) is 6.55. The first-order valence-corrected chi connectivity index (χ1v) is 10.2. The van der Waals surface area contributed by atoms with E-state index in [0.717, 1.165) is 22.6 Å². The number of amides is 1. The highest BCUT2D eigenvalue weighted by Crippen LogP contribution is 2.40. The van der Waals surface area contributed by atoms with Crippen molar-refractivity contribution in [2.45, 2.75) is 12.0 Å². The van der Waals surface area contributed by atoms with E-state index in [-0.39, 0.29) is 16.8 Å². The normalized spacial score (nSPS) is 16.2. The van der Waals surface area contributed by atoms with Crippen molar-refractivity contribution in [2.24, 2.45) is 0 Å². The molecule has 1 heterocycles. The summed E-state index contributed by atoms with van der Waals surface area (Å²) < 4.78 is 20.0. The van der Waals surface area contributed by atoms with Crippen LogP contribution in [-0.4, -0.2) is 23.1 Å². The van der Waals surface area contributed by atoms with Crippen LogP contribution in [0.3, 0.4) is 0 Å². The van der Waals surface area contributed by atoms with Gasteiger partial charge in [-0.3, -0.25) is 4.79 Å². The van der Waals surface area contributed by atoms with E-state index in [1.165, 1.54) is 12.1 Å². The molecule has 0 spiro atoms. The molecule has 3 nitrogen and oxygen atoms in total. The molecule has 0 saturated carbocycles. The zero-order chi connectivity index (χ0) is 19.3. The number of rotatable bonds is 5. The lowest BCUT2D eigenvalue weighted by Gasteiger charge is -2.24. The molecule has 142 valence electrons. The zero-order valence-corrected chi connectivity index (χ0v) is 16.1. The van der Waals surface area contributed by atoms with Gasteiger partial charge in [0.25, 0.3) is 5.91 Å². The van der Waals surface area contributed by atoms with E-state index in [9.17, 15) is 9.18 Å². The lowest BCUT2D eigenvalue weighted by atomic mass is 10.1. The van der Waals surface area contributed by atoms with Gasteiger partial charge in [0.2, 0.25) is 0 Å². The summed E-state index contributed by atoms with van der Waals surface area (Å²) in [4.78, 5) is 14.6. The van der Waals surface area contributed by atoms with Crippen LogP contribution >= 0.6 is 11.8 Å². The number of nitrogens with zero attached hydrogens (tertiary/aromatic N) is 1. The van der Waals surface area contributed by atoms with Crippen molar-refractivity contribution >= 4 is 17.7 Å². The van der Waals surface area contributed by atoms with Gasteiger partial charge in [0.15, 0.2) is 0 Å². The van der Waals surface area contributed by atoms with E-state index in [1.54, 1.807) is 28.8 Å². The molecule has 28 heavy (non-hydrogen) atoms. The molecular weight excluding hydrogens is 373 g/mol. The Kier molecular flexibility index (Phi) is 5.63. The minimum Gasteiger partial charge on any atom is -0.489 e. The van der Waals surface area contributed by atoms with Gasteiger partial charge in [-0.15, -0.1) is 11.8 Å². The van der Waals surface area contributed by atoms with Crippen LogP contribution in [0.1, 0.15) is 26.9 Å². The monoisotopic (exact) mass is 393 g/mol. The summed E-state index contributed by atoms with van der Waals surface area (Å²) in [6, 6.07) is 23.9. The van der Waals surface area contributed by atoms with Crippen molar-refractivity contribution in [3.63, 3.8) is 0 Å². The van der Waals surface area contributed by atoms with Gasteiger partial charge in [0.05, 0.1) is 5.56 Å². The number of carbonyl (C=O) groups is 1. The number of ether oxygens (including phenoxy) is 1. The average Bonchev–Trinajstić information content (AvgIpc) is 3.23. The largest absolute Gasteiger partial charge is 0.489 e. The molecule has 1 aliphatic rings. The fourth-order valence-electron chi connectivity index (χ4n) is 3.24. The van der Waals surface area contributed by atoms with E-state index < -0.39 is 5.82 Å². The third-order valence-corrected chi connectivity index (χ3v) is 5.91. The van der Waals surface area contributed by atoms with Crippen LogP contribution < -0.4 is 4.74 Å². The molecule has 1 atom stereocenters. The topological polar surface area (TPSA) is 29.5 Å². The highest BCUT2D eigenvalue weighted by Gasteiger charge is 2.32. The Hall–Kier alpha value is -2.79. The van der Waals surface area contributed by atoms with Crippen LogP contribution in [-0.2, 0) is 6.61 Å². The first-order chi connectivity index (χ1) is 13.7. The molecule has 5 heteroatoms. The predicted molar refractivity (Wildman–Crippen MR) is 110 cm³/mol. The summed E-state index contributed by atoms with van der Waals surface area (Å²) in [5.41, 5.74) is 2.20. The second kappa shape index (κ2) is 8.48. The summed E-state index contributed by atoms with van der Waals surface area (Å²) in [5.74, 6) is 0.818. The van der Waals surface area contributed by atoms with Crippen LogP contribution in [0.4, 0.5) is 4.39 Å². The fraction of sp³-hybridized carbons (Fsp3) is 0.174. The molecule has 0 radical (unpaired) electrons. The van der Waals surface area contributed by atoms with Gasteiger partial charge in [-0.1, -0.05) is 54.6 Å². The Morgan fingerprint density at radius 2 is 1.82 bits per heavy atom.